The van der Waals surface area contributed by atoms with Gasteiger partial charge in [-0.05, 0) is 12.8 Å². The van der Waals surface area contributed by atoms with E-state index in [1.165, 1.54) is 63.4 Å². The standard InChI is InChI=1S/C19H19.C9H13.C2H6Si.Zr/c1-2-3-8-15-9-4-6-11-17(15)19-14-13-16-10-5-7-12-18(16)19;1-6-5-7(2)9(4)8(6)3;1-3-2;/h4-7,9-14H,2-3,8H2,1H3;6H,1-4H3;1-2H3;/q2*-1;;+2. The molecular weight excluding hydrogens is 480 g/mol. The van der Waals surface area contributed by atoms with Gasteiger partial charge >= 0.3 is 41.9 Å². The maximum atomic E-state index is 3.36. The molecular formula is C30H38SiZr. The number of aryl methyl sites for hydroxylation is 1. The van der Waals surface area contributed by atoms with Crippen LogP contribution in [0.15, 0.2) is 77.4 Å². The molecule has 0 amide bonds. The van der Waals surface area contributed by atoms with Crippen molar-refractivity contribution in [3.8, 4) is 11.1 Å². The fourth-order valence-electron chi connectivity index (χ4n) is 3.92. The molecule has 32 heavy (non-hydrogen) atoms. The van der Waals surface area contributed by atoms with E-state index in [-0.39, 0.29) is 5.43 Å². The number of hydrogen-bond acceptors (Lipinski definition) is 0. The van der Waals surface area contributed by atoms with Crippen LogP contribution in [0.1, 0.15) is 53.0 Å². The van der Waals surface area contributed by atoms with E-state index in [0.717, 1.165) is 0 Å². The van der Waals surface area contributed by atoms with Crippen LogP contribution in [0.5, 0.6) is 0 Å². The van der Waals surface area contributed by atoms with Gasteiger partial charge in [0.2, 0.25) is 0 Å². The van der Waals surface area contributed by atoms with Crippen LogP contribution in [0.4, 0.5) is 0 Å². The molecule has 0 saturated heterocycles. The molecule has 0 spiro atoms. The summed E-state index contributed by atoms with van der Waals surface area (Å²) in [5, 5.41) is 2.70. The molecule has 1 aliphatic carbocycles. The van der Waals surface area contributed by atoms with Crippen molar-refractivity contribution < 1.29 is 23.3 Å². The third-order valence-electron chi connectivity index (χ3n) is 6.02. The molecule has 4 rings (SSSR count). The molecule has 0 aliphatic heterocycles. The second kappa shape index (κ2) is 13.4. The average molecular weight is 518 g/mol. The van der Waals surface area contributed by atoms with Gasteiger partial charge in [0.25, 0.3) is 0 Å². The molecule has 0 heterocycles. The molecule has 0 bridgehead atoms. The van der Waals surface area contributed by atoms with Crippen molar-refractivity contribution in [1.82, 2.24) is 0 Å². The summed E-state index contributed by atoms with van der Waals surface area (Å²) in [4.78, 5) is 0. The Balaban J connectivity index is 0.000000233. The van der Waals surface area contributed by atoms with Crippen molar-refractivity contribution in [2.45, 2.75) is 67.0 Å². The zero-order chi connectivity index (χ0) is 23.7. The second-order valence-corrected chi connectivity index (χ2v) is 18.3. The summed E-state index contributed by atoms with van der Waals surface area (Å²) in [6.07, 6.45) is 7.04. The predicted molar refractivity (Wildman–Crippen MR) is 141 cm³/mol. The quantitative estimate of drug-likeness (QED) is 0.239. The van der Waals surface area contributed by atoms with Crippen LogP contribution in [0.2, 0.25) is 13.1 Å². The van der Waals surface area contributed by atoms with Gasteiger partial charge in [0.15, 0.2) is 0 Å². The summed E-state index contributed by atoms with van der Waals surface area (Å²) >= 11 is 1.74. The van der Waals surface area contributed by atoms with E-state index in [9.17, 15) is 0 Å². The summed E-state index contributed by atoms with van der Waals surface area (Å²) in [6.45, 7) is 15.5. The summed E-state index contributed by atoms with van der Waals surface area (Å²) in [6, 6.07) is 22.0. The fourth-order valence-corrected chi connectivity index (χ4v) is 3.92. The molecule has 3 aromatic rings. The number of rotatable bonds is 4. The van der Waals surface area contributed by atoms with E-state index < -0.39 is 0 Å². The van der Waals surface area contributed by atoms with Gasteiger partial charge in [0.1, 0.15) is 0 Å². The van der Waals surface area contributed by atoms with Crippen LogP contribution in [0.3, 0.4) is 0 Å². The van der Waals surface area contributed by atoms with Crippen molar-refractivity contribution >= 4 is 16.2 Å². The molecule has 3 aromatic carbocycles. The van der Waals surface area contributed by atoms with E-state index in [0.29, 0.717) is 5.92 Å². The van der Waals surface area contributed by atoms with E-state index in [1.54, 1.807) is 23.3 Å². The van der Waals surface area contributed by atoms with Crippen molar-refractivity contribution in [2.75, 3.05) is 0 Å². The molecule has 0 nitrogen and oxygen atoms in total. The first kappa shape index (κ1) is 26.9. The van der Waals surface area contributed by atoms with Crippen molar-refractivity contribution in [3.05, 3.63) is 89.0 Å². The summed E-state index contributed by atoms with van der Waals surface area (Å²) in [7, 11) is 0. The van der Waals surface area contributed by atoms with Crippen LogP contribution < -0.4 is 0 Å². The fraction of sp³-hybridized carbons (Fsp3) is 0.367. The molecule has 0 aromatic heterocycles. The third kappa shape index (κ3) is 7.60. The third-order valence-corrected chi connectivity index (χ3v) is 6.02. The zero-order valence-corrected chi connectivity index (χ0v) is 24.4. The molecule has 0 fully saturated rings. The Morgan fingerprint density at radius 3 is 2.16 bits per heavy atom. The van der Waals surface area contributed by atoms with Gasteiger partial charge in [-0.15, -0.1) is 53.6 Å². The monoisotopic (exact) mass is 516 g/mol. The first-order chi connectivity index (χ1) is 15.3. The Hall–Kier alpha value is -1.37. The molecule has 0 saturated carbocycles. The van der Waals surface area contributed by atoms with Gasteiger partial charge in [0.05, 0.1) is 0 Å². The van der Waals surface area contributed by atoms with Crippen molar-refractivity contribution in [1.29, 1.82) is 0 Å². The zero-order valence-electron chi connectivity index (χ0n) is 21.0. The van der Waals surface area contributed by atoms with Gasteiger partial charge in [0, 0.05) is 0 Å². The Labute approximate surface area is 211 Å². The van der Waals surface area contributed by atoms with Gasteiger partial charge in [-0.25, -0.2) is 5.57 Å². The number of hydrogen-bond donors (Lipinski definition) is 0. The van der Waals surface area contributed by atoms with Gasteiger partial charge in [-0.3, -0.25) is 6.08 Å². The first-order valence-corrected chi connectivity index (χ1v) is 18.0. The van der Waals surface area contributed by atoms with Gasteiger partial charge < -0.3 is 0 Å². The Bertz CT molecular complexity index is 1090. The SMILES string of the molecule is CC1=[C-]C(C)C(C)=C1C.CCCCc1ccccc1-c1c[cH-]c2ccccc12.C[Si](C)=[Zr+2]. The van der Waals surface area contributed by atoms with Gasteiger partial charge in [-0.2, -0.15) is 11.1 Å². The van der Waals surface area contributed by atoms with Crippen LogP contribution in [0, 0.1) is 12.0 Å². The molecule has 1 atom stereocenters. The Morgan fingerprint density at radius 2 is 1.59 bits per heavy atom. The Kier molecular flexibility index (Phi) is 11.2. The van der Waals surface area contributed by atoms with Crippen LogP contribution >= 0.6 is 0 Å². The van der Waals surface area contributed by atoms with Gasteiger partial charge in [-0.1, -0.05) is 81.5 Å². The maximum absolute atomic E-state index is 3.36. The van der Waals surface area contributed by atoms with E-state index in [4.69, 9.17) is 0 Å². The van der Waals surface area contributed by atoms with E-state index in [2.05, 4.69) is 114 Å². The summed E-state index contributed by atoms with van der Waals surface area (Å²) in [5.74, 6) is 0.560. The number of fused-ring (bicyclic) bond motifs is 1. The molecule has 0 radical (unpaired) electrons. The Morgan fingerprint density at radius 1 is 0.969 bits per heavy atom. The second-order valence-electron chi connectivity index (χ2n) is 8.89. The minimum atomic E-state index is 0.210. The topological polar surface area (TPSA) is 0 Å². The van der Waals surface area contributed by atoms with Crippen molar-refractivity contribution in [3.63, 3.8) is 0 Å². The number of allylic oxidation sites excluding steroid dienone is 4. The van der Waals surface area contributed by atoms with E-state index >= 15 is 0 Å². The minimum absolute atomic E-state index is 0.210. The number of benzene rings is 2. The summed E-state index contributed by atoms with van der Waals surface area (Å²) in [5.41, 5.74) is 8.71. The molecule has 1 unspecified atom stereocenters. The molecule has 1 aliphatic rings. The van der Waals surface area contributed by atoms with Crippen molar-refractivity contribution in [2.24, 2.45) is 5.92 Å². The molecule has 0 N–H and O–H groups in total. The van der Waals surface area contributed by atoms with Crippen LogP contribution in [-0.4, -0.2) is 5.43 Å². The first-order valence-electron chi connectivity index (χ1n) is 11.8. The summed E-state index contributed by atoms with van der Waals surface area (Å²) < 4.78 is 0. The normalized spacial score (nSPS) is 15.0. The number of unbranched alkanes of at least 4 members (excludes halogenated alkanes) is 1. The molecule has 166 valence electrons. The molecule has 2 heteroatoms. The average Bonchev–Trinajstić information content (AvgIpc) is 3.29. The predicted octanol–water partition coefficient (Wildman–Crippen LogP) is 9.07. The van der Waals surface area contributed by atoms with E-state index in [1.807, 2.05) is 0 Å². The van der Waals surface area contributed by atoms with Crippen LogP contribution in [-0.2, 0) is 29.8 Å². The van der Waals surface area contributed by atoms with Crippen LogP contribution in [0.25, 0.3) is 21.9 Å².